The molecule has 1 N–H and O–H groups in total. The maximum Gasteiger partial charge on any atom is 0.407 e. The molecule has 232 valence electrons. The third-order valence-electron chi connectivity index (χ3n) is 7.87. The zero-order chi connectivity index (χ0) is 31.6. The van der Waals surface area contributed by atoms with Gasteiger partial charge in [0.15, 0.2) is 4.33 Å². The number of carbonyl (C=O) groups is 2. The lowest BCUT2D eigenvalue weighted by Crippen LogP contribution is -2.60. The Hall–Kier alpha value is -1.53. The van der Waals surface area contributed by atoms with Gasteiger partial charge in [-0.1, -0.05) is 57.3 Å². The first kappa shape index (κ1) is 32.9. The van der Waals surface area contributed by atoms with Crippen LogP contribution < -0.4 is 5.32 Å². The molecule has 1 heterocycles. The number of nitrogens with one attached hydrogen (secondary N) is 1. The van der Waals surface area contributed by atoms with E-state index in [0.717, 1.165) is 0 Å². The molecule has 2 aliphatic carbocycles. The molecule has 0 bridgehead atoms. The van der Waals surface area contributed by atoms with E-state index in [2.05, 4.69) is 21.2 Å². The molecular formula is C29H29BrCl4N2O6S. The number of benzene rings is 2. The normalized spacial score (nSPS) is 28.4. The van der Waals surface area contributed by atoms with Crippen molar-refractivity contribution in [2.24, 2.45) is 5.92 Å². The fourth-order valence-electron chi connectivity index (χ4n) is 5.84. The highest BCUT2D eigenvalue weighted by Crippen LogP contribution is 2.80. The number of carbonyl (C=O) groups excluding carboxylic acids is 2. The number of ether oxygens (including phenoxy) is 2. The minimum Gasteiger partial charge on any atom is -0.458 e. The number of halogens is 5. The number of piperidine rings is 1. The summed E-state index contributed by atoms with van der Waals surface area (Å²) >= 11 is 31.1. The Morgan fingerprint density at radius 2 is 1.67 bits per heavy atom. The SMILES string of the molecule is CC(C)(C)OC(=O)N[C@H]1CN(S(=O)(=O)c2ccc(Br)cc2)CC2=C(COC(=O)c3ccccc3)C[C@@]3(Cl)C(Cl)(Cl)[C@@]3(Cl)[C@@H]21. The number of nitrogens with zero attached hydrogens (tertiary/aromatic N) is 1. The van der Waals surface area contributed by atoms with E-state index >= 15 is 0 Å². The van der Waals surface area contributed by atoms with Crippen LogP contribution in [0.2, 0.25) is 0 Å². The van der Waals surface area contributed by atoms with E-state index in [0.29, 0.717) is 21.2 Å². The Labute approximate surface area is 279 Å². The van der Waals surface area contributed by atoms with Crippen LogP contribution in [0.4, 0.5) is 4.79 Å². The van der Waals surface area contributed by atoms with Gasteiger partial charge in [-0.3, -0.25) is 0 Å². The third-order valence-corrected chi connectivity index (χ3v) is 13.5. The number of hydrogen-bond donors (Lipinski definition) is 1. The monoisotopic (exact) mass is 752 g/mol. The molecule has 8 nitrogen and oxygen atoms in total. The molecule has 0 radical (unpaired) electrons. The Kier molecular flexibility index (Phi) is 8.69. The zero-order valence-electron chi connectivity index (χ0n) is 23.4. The summed E-state index contributed by atoms with van der Waals surface area (Å²) in [7, 11) is -4.06. The maximum absolute atomic E-state index is 13.9. The minimum atomic E-state index is -4.06. The number of alkyl carbamates (subject to hydrolysis) is 1. The number of amides is 1. The first-order chi connectivity index (χ1) is 19.9. The van der Waals surface area contributed by atoms with Gasteiger partial charge in [-0.25, -0.2) is 18.0 Å². The van der Waals surface area contributed by atoms with Gasteiger partial charge < -0.3 is 14.8 Å². The van der Waals surface area contributed by atoms with Crippen molar-refractivity contribution in [2.75, 3.05) is 19.7 Å². The summed E-state index contributed by atoms with van der Waals surface area (Å²) in [5.41, 5.74) is 0.552. The Morgan fingerprint density at radius 3 is 2.28 bits per heavy atom. The molecule has 1 aliphatic heterocycles. The molecule has 0 unspecified atom stereocenters. The van der Waals surface area contributed by atoms with E-state index in [-0.39, 0.29) is 31.0 Å². The quantitative estimate of drug-likeness (QED) is 0.201. The molecule has 0 spiro atoms. The molecule has 1 saturated carbocycles. The predicted octanol–water partition coefficient (Wildman–Crippen LogP) is 6.66. The maximum atomic E-state index is 13.9. The molecule has 5 rings (SSSR count). The molecule has 1 amide bonds. The van der Waals surface area contributed by atoms with Crippen LogP contribution in [0, 0.1) is 5.92 Å². The Morgan fingerprint density at radius 1 is 1.05 bits per heavy atom. The second-order valence-electron chi connectivity index (χ2n) is 11.8. The van der Waals surface area contributed by atoms with Crippen LogP contribution in [0.5, 0.6) is 0 Å². The molecule has 14 heteroatoms. The molecule has 3 aliphatic rings. The van der Waals surface area contributed by atoms with E-state index < -0.39 is 53.7 Å². The van der Waals surface area contributed by atoms with Gasteiger partial charge in [0, 0.05) is 23.5 Å². The molecule has 2 fully saturated rings. The summed E-state index contributed by atoms with van der Waals surface area (Å²) in [6.45, 7) is 4.63. The second kappa shape index (κ2) is 11.4. The van der Waals surface area contributed by atoms with E-state index in [9.17, 15) is 18.0 Å². The number of sulfonamides is 1. The minimum absolute atomic E-state index is 0.0320. The lowest BCUT2D eigenvalue weighted by molar-refractivity contribution is 0.0469. The van der Waals surface area contributed by atoms with Crippen molar-refractivity contribution in [3.63, 3.8) is 0 Å². The van der Waals surface area contributed by atoms with E-state index in [1.807, 2.05) is 0 Å². The summed E-state index contributed by atoms with van der Waals surface area (Å²) in [4.78, 5) is 23.1. The van der Waals surface area contributed by atoms with Gasteiger partial charge in [0.2, 0.25) is 10.0 Å². The summed E-state index contributed by atoms with van der Waals surface area (Å²) in [5.74, 6) is -1.39. The van der Waals surface area contributed by atoms with Gasteiger partial charge in [0.05, 0.1) is 16.5 Å². The highest BCUT2D eigenvalue weighted by molar-refractivity contribution is 9.10. The van der Waals surface area contributed by atoms with Crippen molar-refractivity contribution >= 4 is 84.4 Å². The smallest absolute Gasteiger partial charge is 0.407 e. The number of alkyl halides is 4. The number of esters is 1. The van der Waals surface area contributed by atoms with Crippen LogP contribution >= 0.6 is 62.3 Å². The average Bonchev–Trinajstić information content (AvgIpc) is 3.29. The largest absolute Gasteiger partial charge is 0.458 e. The molecule has 4 atom stereocenters. The number of fused-ring (bicyclic) bond motifs is 3. The van der Waals surface area contributed by atoms with Crippen molar-refractivity contribution in [2.45, 2.75) is 57.8 Å². The fourth-order valence-corrected chi connectivity index (χ4v) is 9.81. The van der Waals surface area contributed by atoms with Crippen molar-refractivity contribution in [1.82, 2.24) is 9.62 Å². The molecule has 0 aromatic heterocycles. The van der Waals surface area contributed by atoms with Gasteiger partial charge in [0.25, 0.3) is 0 Å². The highest BCUT2D eigenvalue weighted by Gasteiger charge is 2.91. The van der Waals surface area contributed by atoms with Crippen LogP contribution in [0.3, 0.4) is 0 Å². The third kappa shape index (κ3) is 5.70. The lowest BCUT2D eigenvalue weighted by atomic mass is 9.75. The van der Waals surface area contributed by atoms with E-state index in [1.54, 1.807) is 63.2 Å². The van der Waals surface area contributed by atoms with Crippen molar-refractivity contribution in [3.05, 3.63) is 75.8 Å². The first-order valence-electron chi connectivity index (χ1n) is 13.4. The first-order valence-corrected chi connectivity index (χ1v) is 17.1. The molecule has 1 saturated heterocycles. The Bertz CT molecular complexity index is 1580. The van der Waals surface area contributed by atoms with Crippen LogP contribution in [0.25, 0.3) is 0 Å². The lowest BCUT2D eigenvalue weighted by Gasteiger charge is -2.46. The second-order valence-corrected chi connectivity index (χ2v) is 17.2. The van der Waals surface area contributed by atoms with Gasteiger partial charge in [-0.05, 0) is 74.7 Å². The van der Waals surface area contributed by atoms with Crippen LogP contribution in [0.15, 0.2) is 75.1 Å². The van der Waals surface area contributed by atoms with Gasteiger partial charge in [-0.2, -0.15) is 4.31 Å². The fraction of sp³-hybridized carbons (Fsp3) is 0.448. The average molecular weight is 755 g/mol. The zero-order valence-corrected chi connectivity index (χ0v) is 28.8. The molecular weight excluding hydrogens is 726 g/mol. The summed E-state index contributed by atoms with van der Waals surface area (Å²) in [6.07, 6.45) is -0.747. The number of rotatable bonds is 6. The topological polar surface area (TPSA) is 102 Å². The Balaban J connectivity index is 1.57. The van der Waals surface area contributed by atoms with Crippen molar-refractivity contribution in [3.8, 4) is 0 Å². The highest BCUT2D eigenvalue weighted by atomic mass is 79.9. The molecule has 2 aromatic rings. The summed E-state index contributed by atoms with van der Waals surface area (Å²) < 4.78 is 39.3. The summed E-state index contributed by atoms with van der Waals surface area (Å²) in [6, 6.07) is 13.7. The van der Waals surface area contributed by atoms with Crippen LogP contribution in [0.1, 0.15) is 37.6 Å². The predicted molar refractivity (Wildman–Crippen MR) is 170 cm³/mol. The van der Waals surface area contributed by atoms with Gasteiger partial charge >= 0.3 is 12.1 Å². The van der Waals surface area contributed by atoms with Crippen LogP contribution in [-0.2, 0) is 19.5 Å². The van der Waals surface area contributed by atoms with Gasteiger partial charge in [0.1, 0.15) is 22.0 Å². The number of hydrogen-bond acceptors (Lipinski definition) is 6. The van der Waals surface area contributed by atoms with Crippen LogP contribution in [-0.4, -0.2) is 70.2 Å². The molecule has 2 aromatic carbocycles. The van der Waals surface area contributed by atoms with Gasteiger partial charge in [-0.15, -0.1) is 23.2 Å². The van der Waals surface area contributed by atoms with E-state index in [1.165, 1.54) is 16.4 Å². The molecule has 43 heavy (non-hydrogen) atoms. The summed E-state index contributed by atoms with van der Waals surface area (Å²) in [5, 5.41) is 2.81. The van der Waals surface area contributed by atoms with E-state index in [4.69, 9.17) is 55.9 Å². The standard InChI is InChI=1S/C29H29BrCl4N2O6S/c1-26(2,3)42-25(38)35-22-15-36(43(39,40)20-11-9-19(30)10-12-20)14-21-18(16-41-24(37)17-7-5-4-6-8-17)13-27(31)28(32,23(21)22)29(27,33)34/h4-12,22-23H,13-16H2,1-3H3,(H,35,38)/t22-,23-,27-,28+/m0/s1. The van der Waals surface area contributed by atoms with Crippen molar-refractivity contribution in [1.29, 1.82) is 0 Å². The van der Waals surface area contributed by atoms with Crippen molar-refractivity contribution < 1.29 is 27.5 Å².